The number of amides is 1. The van der Waals surface area contributed by atoms with Crippen LogP contribution in [0.15, 0.2) is 53.4 Å². The largest absolute Gasteiger partial charge is 0.349 e. The van der Waals surface area contributed by atoms with Crippen LogP contribution in [0.2, 0.25) is 0 Å². The van der Waals surface area contributed by atoms with Crippen molar-refractivity contribution in [2.24, 2.45) is 11.8 Å². The van der Waals surface area contributed by atoms with Crippen LogP contribution < -0.4 is 5.32 Å². The zero-order chi connectivity index (χ0) is 21.3. The highest BCUT2D eigenvalue weighted by Gasteiger charge is 2.36. The number of hydrogen-bond donors (Lipinski definition) is 1. The maximum atomic E-state index is 13.0. The molecule has 2 aliphatic rings. The van der Waals surface area contributed by atoms with Crippen LogP contribution >= 0.6 is 0 Å². The topological polar surface area (TPSA) is 66.5 Å². The first-order valence-electron chi connectivity index (χ1n) is 10.8. The van der Waals surface area contributed by atoms with E-state index in [1.165, 1.54) is 9.87 Å². The number of nitrogens with zero attached hydrogens (tertiary/aromatic N) is 1. The Balaban J connectivity index is 1.38. The number of piperidine rings is 1. The van der Waals surface area contributed by atoms with Gasteiger partial charge in [0.15, 0.2) is 0 Å². The van der Waals surface area contributed by atoms with Crippen LogP contribution in [0.1, 0.15) is 48.4 Å². The molecule has 2 fully saturated rings. The quantitative estimate of drug-likeness (QED) is 0.760. The van der Waals surface area contributed by atoms with Crippen molar-refractivity contribution in [3.8, 4) is 0 Å². The predicted octanol–water partition coefficient (Wildman–Crippen LogP) is 3.97. The first-order valence-corrected chi connectivity index (χ1v) is 12.2. The van der Waals surface area contributed by atoms with Crippen molar-refractivity contribution >= 4 is 15.9 Å². The average Bonchev–Trinajstić information content (AvgIpc) is 3.58. The van der Waals surface area contributed by atoms with Crippen molar-refractivity contribution in [3.05, 3.63) is 65.2 Å². The van der Waals surface area contributed by atoms with Gasteiger partial charge in [0.05, 0.1) is 10.9 Å². The summed E-state index contributed by atoms with van der Waals surface area (Å²) in [6.45, 7) is 4.76. The third-order valence-corrected chi connectivity index (χ3v) is 8.22. The van der Waals surface area contributed by atoms with E-state index in [4.69, 9.17) is 0 Å². The van der Waals surface area contributed by atoms with E-state index >= 15 is 0 Å². The first-order chi connectivity index (χ1) is 14.3. The van der Waals surface area contributed by atoms with Gasteiger partial charge in [0.1, 0.15) is 0 Å². The molecule has 6 heteroatoms. The Morgan fingerprint density at radius 1 is 0.900 bits per heavy atom. The van der Waals surface area contributed by atoms with Gasteiger partial charge in [-0.1, -0.05) is 47.5 Å². The molecule has 2 aromatic rings. The smallest absolute Gasteiger partial charge is 0.243 e. The summed E-state index contributed by atoms with van der Waals surface area (Å²) in [5.41, 5.74) is 3.40. The molecule has 0 radical (unpaired) electrons. The number of rotatable bonds is 6. The number of carbonyl (C=O) groups excluding carboxylic acids is 1. The van der Waals surface area contributed by atoms with E-state index in [2.05, 4.69) is 36.5 Å². The van der Waals surface area contributed by atoms with Crippen molar-refractivity contribution in [3.63, 3.8) is 0 Å². The fourth-order valence-corrected chi connectivity index (χ4v) is 5.64. The lowest BCUT2D eigenvalue weighted by Gasteiger charge is -2.31. The second-order valence-corrected chi connectivity index (χ2v) is 10.7. The number of carbonyl (C=O) groups is 1. The van der Waals surface area contributed by atoms with Crippen molar-refractivity contribution in [2.75, 3.05) is 13.1 Å². The lowest BCUT2D eigenvalue weighted by atomic mass is 9.95. The van der Waals surface area contributed by atoms with Gasteiger partial charge in [-0.05, 0) is 63.1 Å². The van der Waals surface area contributed by atoms with E-state index < -0.39 is 10.0 Å². The summed E-state index contributed by atoms with van der Waals surface area (Å²) in [4.78, 5) is 13.3. The van der Waals surface area contributed by atoms with E-state index in [0.717, 1.165) is 24.0 Å². The molecule has 1 aliphatic carbocycles. The SMILES string of the molecule is Cc1ccc([C@@H](NC(=O)C2CCN(S(=O)(=O)c3ccc(C)cc3)CC2)C2CC2)cc1. The van der Waals surface area contributed by atoms with E-state index in [1.54, 1.807) is 12.1 Å². The summed E-state index contributed by atoms with van der Waals surface area (Å²) >= 11 is 0. The first kappa shape index (κ1) is 21.1. The Kier molecular flexibility index (Phi) is 5.98. The Hall–Kier alpha value is -2.18. The molecule has 1 heterocycles. The highest BCUT2D eigenvalue weighted by atomic mass is 32.2. The normalized spacial score (nSPS) is 19.4. The van der Waals surface area contributed by atoms with Crippen LogP contribution in [0.4, 0.5) is 0 Å². The molecule has 1 atom stereocenters. The molecule has 0 spiro atoms. The lowest BCUT2D eigenvalue weighted by Crippen LogP contribution is -2.43. The van der Waals surface area contributed by atoms with Gasteiger partial charge in [-0.2, -0.15) is 4.31 Å². The third-order valence-electron chi connectivity index (χ3n) is 6.31. The monoisotopic (exact) mass is 426 g/mol. The van der Waals surface area contributed by atoms with Gasteiger partial charge in [0.2, 0.25) is 15.9 Å². The van der Waals surface area contributed by atoms with Gasteiger partial charge in [0.25, 0.3) is 0 Å². The van der Waals surface area contributed by atoms with Gasteiger partial charge >= 0.3 is 0 Å². The fraction of sp³-hybridized carbons (Fsp3) is 0.458. The Morgan fingerprint density at radius 3 is 1.97 bits per heavy atom. The molecule has 0 bridgehead atoms. The minimum Gasteiger partial charge on any atom is -0.349 e. The molecule has 1 saturated carbocycles. The summed E-state index contributed by atoms with van der Waals surface area (Å²) in [5, 5.41) is 3.27. The Bertz CT molecular complexity index is 988. The van der Waals surface area contributed by atoms with Crippen LogP contribution in [-0.2, 0) is 14.8 Å². The summed E-state index contributed by atoms with van der Waals surface area (Å²) in [6.07, 6.45) is 3.41. The second kappa shape index (κ2) is 8.52. The van der Waals surface area contributed by atoms with Gasteiger partial charge in [-0.25, -0.2) is 8.42 Å². The highest BCUT2D eigenvalue weighted by molar-refractivity contribution is 7.89. The van der Waals surface area contributed by atoms with Gasteiger partial charge in [0, 0.05) is 19.0 Å². The molecule has 30 heavy (non-hydrogen) atoms. The highest BCUT2D eigenvalue weighted by Crippen LogP contribution is 2.41. The maximum Gasteiger partial charge on any atom is 0.243 e. The standard InChI is InChI=1S/C24H30N2O3S/c1-17-3-7-19(8-4-17)23(20-9-10-20)25-24(27)21-13-15-26(16-14-21)30(28,29)22-11-5-18(2)6-12-22/h3-8,11-12,20-21,23H,9-10,13-16H2,1-2H3,(H,25,27)/t23-/m1/s1. The van der Waals surface area contributed by atoms with E-state index in [-0.39, 0.29) is 17.9 Å². The van der Waals surface area contributed by atoms with Crippen LogP contribution in [0, 0.1) is 25.7 Å². The number of sulfonamides is 1. The molecule has 1 amide bonds. The summed E-state index contributed by atoms with van der Waals surface area (Å²) in [5.74, 6) is 0.430. The molecule has 5 nitrogen and oxygen atoms in total. The molecule has 2 aromatic carbocycles. The summed E-state index contributed by atoms with van der Waals surface area (Å²) in [6, 6.07) is 15.4. The molecular formula is C24H30N2O3S. The molecule has 1 saturated heterocycles. The molecule has 0 unspecified atom stereocenters. The van der Waals surface area contributed by atoms with Crippen LogP contribution in [0.25, 0.3) is 0 Å². The van der Waals surface area contributed by atoms with Crippen LogP contribution in [0.5, 0.6) is 0 Å². The number of benzene rings is 2. The maximum absolute atomic E-state index is 13.0. The third kappa shape index (κ3) is 4.60. The van der Waals surface area contributed by atoms with Gasteiger partial charge in [-0.15, -0.1) is 0 Å². The molecular weight excluding hydrogens is 396 g/mol. The minimum absolute atomic E-state index is 0.0554. The predicted molar refractivity (Wildman–Crippen MR) is 117 cm³/mol. The molecule has 160 valence electrons. The average molecular weight is 427 g/mol. The summed E-state index contributed by atoms with van der Waals surface area (Å²) in [7, 11) is -3.50. The lowest BCUT2D eigenvalue weighted by molar-refractivity contribution is -0.127. The van der Waals surface area contributed by atoms with Gasteiger partial charge < -0.3 is 5.32 Å². The molecule has 1 N–H and O–H groups in total. The minimum atomic E-state index is -3.50. The zero-order valence-electron chi connectivity index (χ0n) is 17.7. The molecule has 1 aliphatic heterocycles. The van der Waals surface area contributed by atoms with Crippen molar-refractivity contribution in [2.45, 2.75) is 50.5 Å². The summed E-state index contributed by atoms with van der Waals surface area (Å²) < 4.78 is 27.3. The number of aryl methyl sites for hydroxylation is 2. The molecule has 4 rings (SSSR count). The van der Waals surface area contributed by atoms with Gasteiger partial charge in [-0.3, -0.25) is 4.79 Å². The number of hydrogen-bond acceptors (Lipinski definition) is 3. The number of nitrogens with one attached hydrogen (secondary N) is 1. The van der Waals surface area contributed by atoms with E-state index in [0.29, 0.717) is 36.7 Å². The van der Waals surface area contributed by atoms with Crippen LogP contribution in [-0.4, -0.2) is 31.7 Å². The van der Waals surface area contributed by atoms with E-state index in [1.807, 2.05) is 19.1 Å². The Labute approximate surface area is 179 Å². The zero-order valence-corrected chi connectivity index (χ0v) is 18.5. The molecule has 0 aromatic heterocycles. The Morgan fingerprint density at radius 2 is 1.43 bits per heavy atom. The van der Waals surface area contributed by atoms with Crippen molar-refractivity contribution in [1.29, 1.82) is 0 Å². The van der Waals surface area contributed by atoms with Crippen molar-refractivity contribution in [1.82, 2.24) is 9.62 Å². The fourth-order valence-electron chi connectivity index (χ4n) is 4.17. The van der Waals surface area contributed by atoms with Crippen molar-refractivity contribution < 1.29 is 13.2 Å². The van der Waals surface area contributed by atoms with Crippen LogP contribution in [0.3, 0.4) is 0 Å². The van der Waals surface area contributed by atoms with E-state index in [9.17, 15) is 13.2 Å². The second-order valence-electron chi connectivity index (χ2n) is 8.73.